The number of nitrogens with zero attached hydrogens (tertiary/aromatic N) is 6. The molecule has 3 rings (SSSR count). The minimum Gasteiger partial charge on any atom is -0.252 e. The predicted molar refractivity (Wildman–Crippen MR) is 66.1 cm³/mol. The second-order valence-corrected chi connectivity index (χ2v) is 5.32. The molecule has 2 aromatic rings. The summed E-state index contributed by atoms with van der Waals surface area (Å²) in [4.78, 5) is 3.86. The average Bonchev–Trinajstić information content (AvgIpc) is 3.05. The molecule has 0 amide bonds. The first kappa shape index (κ1) is 13.1. The van der Waals surface area contributed by atoms with Gasteiger partial charge < -0.3 is 0 Å². The molecule has 1 saturated carbocycles. The fourth-order valence-electron chi connectivity index (χ4n) is 2.53. The topological polar surface area (TPSA) is 61.4 Å². The molecule has 0 aliphatic heterocycles. The van der Waals surface area contributed by atoms with Gasteiger partial charge in [-0.1, -0.05) is 5.21 Å². The SMILES string of the molecule is FC1(F)CCC(Cn2cc(Cn3cncn3)nn2)CC1. The predicted octanol–water partition coefficient (Wildman–Crippen LogP) is 1.74. The Morgan fingerprint density at radius 3 is 2.75 bits per heavy atom. The third-order valence-electron chi connectivity index (χ3n) is 3.66. The Kier molecular flexibility index (Phi) is 3.45. The first-order valence-electron chi connectivity index (χ1n) is 6.70. The van der Waals surface area contributed by atoms with E-state index < -0.39 is 5.92 Å². The Labute approximate surface area is 114 Å². The van der Waals surface area contributed by atoms with Gasteiger partial charge in [0.1, 0.15) is 18.3 Å². The van der Waals surface area contributed by atoms with Crippen molar-refractivity contribution in [2.24, 2.45) is 5.92 Å². The van der Waals surface area contributed by atoms with E-state index >= 15 is 0 Å². The Morgan fingerprint density at radius 1 is 1.25 bits per heavy atom. The molecule has 2 aromatic heterocycles. The van der Waals surface area contributed by atoms with Crippen molar-refractivity contribution in [1.82, 2.24) is 29.8 Å². The Hall–Kier alpha value is -1.86. The zero-order valence-electron chi connectivity index (χ0n) is 11.0. The highest BCUT2D eigenvalue weighted by atomic mass is 19.3. The van der Waals surface area contributed by atoms with E-state index in [-0.39, 0.29) is 18.8 Å². The molecule has 8 heteroatoms. The van der Waals surface area contributed by atoms with Gasteiger partial charge in [-0.25, -0.2) is 18.4 Å². The summed E-state index contributed by atoms with van der Waals surface area (Å²) in [5.41, 5.74) is 0.789. The van der Waals surface area contributed by atoms with Crippen molar-refractivity contribution in [1.29, 1.82) is 0 Å². The van der Waals surface area contributed by atoms with Crippen LogP contribution in [0.2, 0.25) is 0 Å². The van der Waals surface area contributed by atoms with Crippen LogP contribution in [0.1, 0.15) is 31.4 Å². The molecule has 0 bridgehead atoms. The lowest BCUT2D eigenvalue weighted by atomic mass is 9.87. The first-order chi connectivity index (χ1) is 9.61. The molecular weight excluding hydrogens is 266 g/mol. The van der Waals surface area contributed by atoms with Crippen molar-refractivity contribution < 1.29 is 8.78 Å². The van der Waals surface area contributed by atoms with E-state index in [4.69, 9.17) is 0 Å². The number of aromatic nitrogens is 6. The van der Waals surface area contributed by atoms with E-state index in [0.29, 0.717) is 25.9 Å². The summed E-state index contributed by atoms with van der Waals surface area (Å²) in [7, 11) is 0. The minimum absolute atomic E-state index is 0.0157. The van der Waals surface area contributed by atoms with E-state index in [1.165, 1.54) is 6.33 Å². The number of rotatable bonds is 4. The second-order valence-electron chi connectivity index (χ2n) is 5.32. The second kappa shape index (κ2) is 5.26. The number of halogens is 2. The quantitative estimate of drug-likeness (QED) is 0.857. The maximum absolute atomic E-state index is 13.1. The molecule has 0 N–H and O–H groups in total. The Balaban J connectivity index is 1.55. The summed E-state index contributed by atoms with van der Waals surface area (Å²) in [6.07, 6.45) is 5.98. The molecule has 0 radical (unpaired) electrons. The van der Waals surface area contributed by atoms with Crippen LogP contribution in [-0.4, -0.2) is 35.7 Å². The van der Waals surface area contributed by atoms with E-state index in [1.807, 2.05) is 6.20 Å². The van der Waals surface area contributed by atoms with E-state index in [9.17, 15) is 8.78 Å². The van der Waals surface area contributed by atoms with Crippen LogP contribution in [0, 0.1) is 5.92 Å². The van der Waals surface area contributed by atoms with Crippen molar-refractivity contribution in [3.05, 3.63) is 24.5 Å². The number of hydrogen-bond donors (Lipinski definition) is 0. The van der Waals surface area contributed by atoms with Gasteiger partial charge in [0.25, 0.3) is 0 Å². The van der Waals surface area contributed by atoms with Crippen molar-refractivity contribution in [2.45, 2.75) is 44.7 Å². The fourth-order valence-corrected chi connectivity index (χ4v) is 2.53. The van der Waals surface area contributed by atoms with Crippen LogP contribution in [0.5, 0.6) is 0 Å². The maximum atomic E-state index is 13.1. The van der Waals surface area contributed by atoms with Crippen LogP contribution < -0.4 is 0 Å². The van der Waals surface area contributed by atoms with Crippen LogP contribution in [0.4, 0.5) is 8.78 Å². The highest BCUT2D eigenvalue weighted by molar-refractivity contribution is 4.93. The number of hydrogen-bond acceptors (Lipinski definition) is 4. The molecule has 0 spiro atoms. The lowest BCUT2D eigenvalue weighted by Gasteiger charge is -2.27. The highest BCUT2D eigenvalue weighted by Gasteiger charge is 2.34. The van der Waals surface area contributed by atoms with Gasteiger partial charge in [0.2, 0.25) is 5.92 Å². The molecule has 2 heterocycles. The van der Waals surface area contributed by atoms with Crippen LogP contribution in [-0.2, 0) is 13.1 Å². The molecule has 1 aliphatic rings. The van der Waals surface area contributed by atoms with Gasteiger partial charge in [0.05, 0.1) is 12.7 Å². The fraction of sp³-hybridized carbons (Fsp3) is 0.667. The molecule has 1 fully saturated rings. The van der Waals surface area contributed by atoms with Gasteiger partial charge in [-0.15, -0.1) is 5.10 Å². The lowest BCUT2D eigenvalue weighted by molar-refractivity contribution is -0.0476. The summed E-state index contributed by atoms with van der Waals surface area (Å²) < 4.78 is 29.6. The monoisotopic (exact) mass is 282 g/mol. The molecule has 108 valence electrons. The summed E-state index contributed by atoms with van der Waals surface area (Å²) in [5, 5.41) is 12.1. The zero-order chi connectivity index (χ0) is 14.0. The summed E-state index contributed by atoms with van der Waals surface area (Å²) in [6.45, 7) is 1.17. The van der Waals surface area contributed by atoms with Crippen LogP contribution >= 0.6 is 0 Å². The van der Waals surface area contributed by atoms with Gasteiger partial charge in [0, 0.05) is 19.4 Å². The van der Waals surface area contributed by atoms with Gasteiger partial charge in [0.15, 0.2) is 0 Å². The normalized spacial score (nSPS) is 19.3. The lowest BCUT2D eigenvalue weighted by Crippen LogP contribution is -2.26. The average molecular weight is 282 g/mol. The summed E-state index contributed by atoms with van der Waals surface area (Å²) in [5.74, 6) is -2.22. The van der Waals surface area contributed by atoms with Gasteiger partial charge >= 0.3 is 0 Å². The van der Waals surface area contributed by atoms with Crippen molar-refractivity contribution in [2.75, 3.05) is 0 Å². The standard InChI is InChI=1S/C12H16F2N6/c13-12(14)3-1-10(2-4-12)5-19-6-11(17-18-19)7-20-9-15-8-16-20/h6,8-10H,1-5,7H2. The zero-order valence-corrected chi connectivity index (χ0v) is 11.0. The Bertz CT molecular complexity index is 540. The molecular formula is C12H16F2N6. The number of alkyl halides is 2. The largest absolute Gasteiger partial charge is 0.252 e. The highest BCUT2D eigenvalue weighted by Crippen LogP contribution is 2.36. The van der Waals surface area contributed by atoms with E-state index in [1.54, 1.807) is 15.7 Å². The molecule has 0 unspecified atom stereocenters. The van der Waals surface area contributed by atoms with Crippen molar-refractivity contribution >= 4 is 0 Å². The van der Waals surface area contributed by atoms with Gasteiger partial charge in [-0.2, -0.15) is 5.10 Å². The van der Waals surface area contributed by atoms with Crippen molar-refractivity contribution in [3.8, 4) is 0 Å². The minimum atomic E-state index is -2.48. The first-order valence-corrected chi connectivity index (χ1v) is 6.70. The molecule has 20 heavy (non-hydrogen) atoms. The molecule has 1 aliphatic carbocycles. The van der Waals surface area contributed by atoms with E-state index in [0.717, 1.165) is 5.69 Å². The molecule has 0 aromatic carbocycles. The Morgan fingerprint density at radius 2 is 2.05 bits per heavy atom. The maximum Gasteiger partial charge on any atom is 0.248 e. The van der Waals surface area contributed by atoms with Crippen LogP contribution in [0.25, 0.3) is 0 Å². The molecule has 0 atom stereocenters. The third kappa shape index (κ3) is 3.17. The molecule has 0 saturated heterocycles. The summed E-state index contributed by atoms with van der Waals surface area (Å²) >= 11 is 0. The van der Waals surface area contributed by atoms with Crippen molar-refractivity contribution in [3.63, 3.8) is 0 Å². The van der Waals surface area contributed by atoms with Gasteiger partial charge in [-0.05, 0) is 18.8 Å². The smallest absolute Gasteiger partial charge is 0.248 e. The van der Waals surface area contributed by atoms with Crippen LogP contribution in [0.15, 0.2) is 18.9 Å². The van der Waals surface area contributed by atoms with Gasteiger partial charge in [-0.3, -0.25) is 4.68 Å². The van der Waals surface area contributed by atoms with E-state index in [2.05, 4.69) is 20.4 Å². The van der Waals surface area contributed by atoms with Crippen LogP contribution in [0.3, 0.4) is 0 Å². The molecule has 6 nitrogen and oxygen atoms in total. The summed E-state index contributed by atoms with van der Waals surface area (Å²) in [6, 6.07) is 0. The third-order valence-corrected chi connectivity index (χ3v) is 3.66.